The number of pyridine rings is 1. The monoisotopic (exact) mass is 229 g/mol. The topological polar surface area (TPSA) is 67.3 Å². The van der Waals surface area contributed by atoms with Crippen LogP contribution < -0.4 is 0 Å². The quantitative estimate of drug-likeness (QED) is 0.776. The van der Waals surface area contributed by atoms with Gasteiger partial charge in [-0.1, -0.05) is 13.3 Å². The Morgan fingerprint density at radius 3 is 2.67 bits per heavy atom. The Morgan fingerprint density at radius 2 is 2.07 bits per heavy atom. The smallest absolute Gasteiger partial charge is 0.265 e. The highest BCUT2D eigenvalue weighted by Crippen LogP contribution is 2.10. The number of rotatable bonds is 5. The van der Waals surface area contributed by atoms with Gasteiger partial charge in [0.2, 0.25) is 0 Å². The number of hydrogen-bond acceptors (Lipinski definition) is 3. The van der Waals surface area contributed by atoms with Crippen LogP contribution >= 0.6 is 0 Å². The van der Waals surface area contributed by atoms with Crippen LogP contribution in [0.3, 0.4) is 0 Å². The Morgan fingerprint density at radius 1 is 1.33 bits per heavy atom. The second kappa shape index (κ2) is 5.23. The van der Waals surface area contributed by atoms with E-state index in [4.69, 9.17) is 4.55 Å². The number of aromatic nitrogens is 1. The van der Waals surface area contributed by atoms with E-state index in [2.05, 4.69) is 11.9 Å². The van der Waals surface area contributed by atoms with Gasteiger partial charge in [-0.25, -0.2) is 0 Å². The molecule has 0 aliphatic rings. The molecule has 0 fully saturated rings. The van der Waals surface area contributed by atoms with E-state index in [-0.39, 0.29) is 5.75 Å². The molecule has 15 heavy (non-hydrogen) atoms. The Labute approximate surface area is 90.1 Å². The maximum Gasteiger partial charge on any atom is 0.265 e. The third kappa shape index (κ3) is 4.40. The molecule has 1 aromatic heterocycles. The summed E-state index contributed by atoms with van der Waals surface area (Å²) in [5.74, 6) is -0.241. The molecule has 0 amide bonds. The Balaban J connectivity index is 2.75. The molecule has 0 radical (unpaired) electrons. The van der Waals surface area contributed by atoms with Crippen molar-refractivity contribution in [3.63, 3.8) is 0 Å². The van der Waals surface area contributed by atoms with Crippen LogP contribution in [0.4, 0.5) is 0 Å². The second-order valence-corrected chi connectivity index (χ2v) is 5.00. The first-order chi connectivity index (χ1) is 7.03. The summed E-state index contributed by atoms with van der Waals surface area (Å²) in [6, 6.07) is 1.89. The molecule has 0 aliphatic carbocycles. The molecule has 1 heterocycles. The van der Waals surface area contributed by atoms with Crippen LogP contribution in [0.25, 0.3) is 0 Å². The standard InChI is InChI=1S/C10H15NO3S/c1-2-3-9-4-6-11-8-10(9)5-7-15(12,13)14/h4,6,8H,2-3,5,7H2,1H3,(H,12,13,14). The molecule has 0 bridgehead atoms. The van der Waals surface area contributed by atoms with Crippen LogP contribution in [0.5, 0.6) is 0 Å². The van der Waals surface area contributed by atoms with Crippen molar-refractivity contribution in [3.8, 4) is 0 Å². The fourth-order valence-corrected chi connectivity index (χ4v) is 1.91. The summed E-state index contributed by atoms with van der Waals surface area (Å²) in [4.78, 5) is 3.95. The van der Waals surface area contributed by atoms with Crippen LogP contribution in [-0.2, 0) is 23.0 Å². The van der Waals surface area contributed by atoms with E-state index < -0.39 is 10.1 Å². The van der Waals surface area contributed by atoms with Crippen LogP contribution in [0.15, 0.2) is 18.5 Å². The van der Waals surface area contributed by atoms with Gasteiger partial charge >= 0.3 is 0 Å². The van der Waals surface area contributed by atoms with E-state index >= 15 is 0 Å². The molecule has 0 atom stereocenters. The molecular weight excluding hydrogens is 214 g/mol. The molecule has 0 spiro atoms. The molecular formula is C10H15NO3S. The van der Waals surface area contributed by atoms with Crippen molar-refractivity contribution < 1.29 is 13.0 Å². The van der Waals surface area contributed by atoms with Crippen molar-refractivity contribution >= 4 is 10.1 Å². The zero-order valence-electron chi connectivity index (χ0n) is 8.68. The number of hydrogen-bond donors (Lipinski definition) is 1. The fourth-order valence-electron chi connectivity index (χ4n) is 1.43. The van der Waals surface area contributed by atoms with Gasteiger partial charge in [-0.2, -0.15) is 8.42 Å². The van der Waals surface area contributed by atoms with Gasteiger partial charge in [0.25, 0.3) is 10.1 Å². The lowest BCUT2D eigenvalue weighted by Crippen LogP contribution is -2.08. The fraction of sp³-hybridized carbons (Fsp3) is 0.500. The zero-order valence-corrected chi connectivity index (χ0v) is 9.50. The van der Waals surface area contributed by atoms with Crippen molar-refractivity contribution in [2.75, 3.05) is 5.75 Å². The molecule has 1 N–H and O–H groups in total. The molecule has 0 saturated carbocycles. The maximum atomic E-state index is 10.6. The van der Waals surface area contributed by atoms with Crippen molar-refractivity contribution in [1.29, 1.82) is 0 Å². The molecule has 0 saturated heterocycles. The maximum absolute atomic E-state index is 10.6. The lowest BCUT2D eigenvalue weighted by atomic mass is 10.0. The first-order valence-corrected chi connectivity index (χ1v) is 6.51. The SMILES string of the molecule is CCCc1ccncc1CCS(=O)(=O)O. The van der Waals surface area contributed by atoms with Crippen molar-refractivity contribution in [1.82, 2.24) is 4.98 Å². The summed E-state index contributed by atoms with van der Waals surface area (Å²) in [6.07, 6.45) is 5.59. The van der Waals surface area contributed by atoms with Gasteiger partial charge in [-0.15, -0.1) is 0 Å². The van der Waals surface area contributed by atoms with Gasteiger partial charge in [0.15, 0.2) is 0 Å². The van der Waals surface area contributed by atoms with Crippen LogP contribution in [0.2, 0.25) is 0 Å². The molecule has 5 heteroatoms. The average molecular weight is 229 g/mol. The minimum absolute atomic E-state index is 0.241. The van der Waals surface area contributed by atoms with Gasteiger partial charge in [-0.3, -0.25) is 9.54 Å². The highest BCUT2D eigenvalue weighted by molar-refractivity contribution is 7.85. The van der Waals surface area contributed by atoms with Gasteiger partial charge in [0.05, 0.1) is 5.75 Å². The largest absolute Gasteiger partial charge is 0.286 e. The van der Waals surface area contributed by atoms with Gasteiger partial charge in [-0.05, 0) is 30.0 Å². The van der Waals surface area contributed by atoms with E-state index in [1.54, 1.807) is 12.4 Å². The molecule has 0 aromatic carbocycles. The summed E-state index contributed by atoms with van der Waals surface area (Å²) in [5.41, 5.74) is 2.01. The lowest BCUT2D eigenvalue weighted by molar-refractivity contribution is 0.482. The van der Waals surface area contributed by atoms with Gasteiger partial charge < -0.3 is 0 Å². The van der Waals surface area contributed by atoms with Crippen LogP contribution in [0.1, 0.15) is 24.5 Å². The predicted octanol–water partition coefficient (Wildman–Crippen LogP) is 1.46. The molecule has 4 nitrogen and oxygen atoms in total. The molecule has 0 aliphatic heterocycles. The summed E-state index contributed by atoms with van der Waals surface area (Å²) in [6.45, 7) is 2.06. The summed E-state index contributed by atoms with van der Waals surface area (Å²) < 4.78 is 29.9. The minimum atomic E-state index is -3.88. The minimum Gasteiger partial charge on any atom is -0.286 e. The number of nitrogens with zero attached hydrogens (tertiary/aromatic N) is 1. The van der Waals surface area contributed by atoms with Crippen LogP contribution in [-0.4, -0.2) is 23.7 Å². The van der Waals surface area contributed by atoms with Crippen molar-refractivity contribution in [2.24, 2.45) is 0 Å². The number of aryl methyl sites for hydroxylation is 2. The van der Waals surface area contributed by atoms with E-state index in [1.165, 1.54) is 0 Å². The van der Waals surface area contributed by atoms with Crippen molar-refractivity contribution in [3.05, 3.63) is 29.6 Å². The normalized spacial score (nSPS) is 11.6. The first-order valence-electron chi connectivity index (χ1n) is 4.90. The molecule has 1 rings (SSSR count). The Bertz CT molecular complexity index is 414. The second-order valence-electron chi connectivity index (χ2n) is 3.43. The molecule has 84 valence electrons. The van der Waals surface area contributed by atoms with Crippen LogP contribution in [0, 0.1) is 0 Å². The van der Waals surface area contributed by atoms with E-state index in [0.717, 1.165) is 24.0 Å². The van der Waals surface area contributed by atoms with E-state index in [1.807, 2.05) is 6.07 Å². The molecule has 0 unspecified atom stereocenters. The summed E-state index contributed by atoms with van der Waals surface area (Å²) in [7, 11) is -3.88. The Hall–Kier alpha value is -0.940. The third-order valence-corrected chi connectivity index (χ3v) is 2.87. The summed E-state index contributed by atoms with van der Waals surface area (Å²) in [5, 5.41) is 0. The summed E-state index contributed by atoms with van der Waals surface area (Å²) >= 11 is 0. The first kappa shape index (κ1) is 12.1. The van der Waals surface area contributed by atoms with Crippen molar-refractivity contribution in [2.45, 2.75) is 26.2 Å². The average Bonchev–Trinajstić information content (AvgIpc) is 2.16. The Kier molecular flexibility index (Phi) is 4.23. The van der Waals surface area contributed by atoms with Gasteiger partial charge in [0.1, 0.15) is 0 Å². The predicted molar refractivity (Wildman–Crippen MR) is 58.4 cm³/mol. The highest BCUT2D eigenvalue weighted by atomic mass is 32.2. The highest BCUT2D eigenvalue weighted by Gasteiger charge is 2.07. The lowest BCUT2D eigenvalue weighted by Gasteiger charge is -2.06. The van der Waals surface area contributed by atoms with E-state index in [9.17, 15) is 8.42 Å². The third-order valence-electron chi connectivity index (χ3n) is 2.15. The zero-order chi connectivity index (χ0) is 11.3. The molecule has 1 aromatic rings. The van der Waals surface area contributed by atoms with Gasteiger partial charge in [0, 0.05) is 12.4 Å². The van der Waals surface area contributed by atoms with E-state index in [0.29, 0.717) is 6.42 Å².